The van der Waals surface area contributed by atoms with E-state index < -0.39 is 10.0 Å². The number of para-hydroxylation sites is 1. The van der Waals surface area contributed by atoms with Crippen LogP contribution in [0.1, 0.15) is 27.9 Å². The maximum absolute atomic E-state index is 13.2. The summed E-state index contributed by atoms with van der Waals surface area (Å²) in [5.41, 5.74) is 5.49. The van der Waals surface area contributed by atoms with Crippen LogP contribution in [-0.2, 0) is 21.2 Å². The van der Waals surface area contributed by atoms with Crippen LogP contribution in [0.4, 0.5) is 0 Å². The van der Waals surface area contributed by atoms with Crippen molar-refractivity contribution in [2.24, 2.45) is 0 Å². The predicted molar refractivity (Wildman–Crippen MR) is 126 cm³/mol. The third-order valence-electron chi connectivity index (χ3n) is 6.37. The van der Waals surface area contributed by atoms with Gasteiger partial charge in [0.1, 0.15) is 0 Å². The van der Waals surface area contributed by atoms with Crippen molar-refractivity contribution in [2.75, 3.05) is 26.2 Å². The molecule has 0 aliphatic carbocycles. The summed E-state index contributed by atoms with van der Waals surface area (Å²) in [7, 11) is -3.58. The lowest BCUT2D eigenvalue weighted by atomic mass is 9.99. The Morgan fingerprint density at radius 3 is 2.38 bits per heavy atom. The van der Waals surface area contributed by atoms with Gasteiger partial charge in [0.25, 0.3) is 0 Å². The van der Waals surface area contributed by atoms with Crippen molar-refractivity contribution < 1.29 is 13.2 Å². The van der Waals surface area contributed by atoms with Gasteiger partial charge in [-0.2, -0.15) is 4.31 Å². The molecular formula is C25H29N3O3S. The average molecular weight is 452 g/mol. The van der Waals surface area contributed by atoms with E-state index in [1.165, 1.54) is 4.31 Å². The van der Waals surface area contributed by atoms with E-state index in [1.54, 1.807) is 11.0 Å². The molecule has 7 heteroatoms. The Balaban J connectivity index is 1.48. The average Bonchev–Trinajstić information content (AvgIpc) is 2.78. The smallest absolute Gasteiger partial charge is 0.243 e. The SMILES string of the molecule is Cc1ccc(C)c(S(=O)(=O)N2CCN(C(=O)Cc3c(C)nc4ccccc4c3C)CC2)c1. The number of carbonyl (C=O) groups is 1. The molecule has 1 saturated heterocycles. The Labute approximate surface area is 189 Å². The van der Waals surface area contributed by atoms with E-state index in [1.807, 2.05) is 64.1 Å². The maximum atomic E-state index is 13.2. The van der Waals surface area contributed by atoms with Crippen molar-refractivity contribution in [3.63, 3.8) is 0 Å². The Bertz CT molecular complexity index is 1290. The standard InChI is InChI=1S/C25H29N3O3S/c1-17-9-10-18(2)24(15-17)32(30,31)28-13-11-27(12-14-28)25(29)16-22-19(3)21-7-5-6-8-23(21)26-20(22)4/h5-10,15H,11-14,16H2,1-4H3. The van der Waals surface area contributed by atoms with Gasteiger partial charge in [0.05, 0.1) is 16.8 Å². The molecule has 6 nitrogen and oxygen atoms in total. The number of hydrogen-bond donors (Lipinski definition) is 0. The van der Waals surface area contributed by atoms with E-state index in [9.17, 15) is 13.2 Å². The number of aromatic nitrogens is 1. The van der Waals surface area contributed by atoms with Crippen molar-refractivity contribution in [1.82, 2.24) is 14.2 Å². The van der Waals surface area contributed by atoms with Crippen LogP contribution in [0.15, 0.2) is 47.4 Å². The highest BCUT2D eigenvalue weighted by Crippen LogP contribution is 2.25. The molecule has 0 bridgehead atoms. The molecule has 1 amide bonds. The van der Waals surface area contributed by atoms with Crippen LogP contribution >= 0.6 is 0 Å². The van der Waals surface area contributed by atoms with Crippen molar-refractivity contribution in [1.29, 1.82) is 0 Å². The minimum Gasteiger partial charge on any atom is -0.340 e. The molecule has 0 radical (unpaired) electrons. The Morgan fingerprint density at radius 1 is 0.969 bits per heavy atom. The number of nitrogens with zero attached hydrogens (tertiary/aromatic N) is 3. The summed E-state index contributed by atoms with van der Waals surface area (Å²) < 4.78 is 27.8. The van der Waals surface area contributed by atoms with Gasteiger partial charge in [-0.3, -0.25) is 9.78 Å². The summed E-state index contributed by atoms with van der Waals surface area (Å²) >= 11 is 0. The quantitative estimate of drug-likeness (QED) is 0.608. The van der Waals surface area contributed by atoms with Crippen molar-refractivity contribution in [2.45, 2.75) is 39.0 Å². The summed E-state index contributed by atoms with van der Waals surface area (Å²) in [5, 5.41) is 1.06. The molecule has 4 rings (SSSR count). The summed E-state index contributed by atoms with van der Waals surface area (Å²) in [6.07, 6.45) is 0.277. The molecule has 0 N–H and O–H groups in total. The van der Waals surface area contributed by atoms with Crippen LogP contribution in [-0.4, -0.2) is 54.7 Å². The Kier molecular flexibility index (Phi) is 6.05. The van der Waals surface area contributed by atoms with Crippen LogP contribution in [0.3, 0.4) is 0 Å². The van der Waals surface area contributed by atoms with Gasteiger partial charge in [0.2, 0.25) is 15.9 Å². The number of pyridine rings is 1. The van der Waals surface area contributed by atoms with E-state index in [4.69, 9.17) is 0 Å². The monoisotopic (exact) mass is 451 g/mol. The minimum atomic E-state index is -3.58. The number of fused-ring (bicyclic) bond motifs is 1. The first kappa shape index (κ1) is 22.4. The lowest BCUT2D eigenvalue weighted by Gasteiger charge is -2.34. The number of piperazine rings is 1. The first-order valence-electron chi connectivity index (χ1n) is 10.9. The van der Waals surface area contributed by atoms with Crippen molar-refractivity contribution in [3.05, 3.63) is 70.4 Å². The van der Waals surface area contributed by atoms with Gasteiger partial charge < -0.3 is 4.90 Å². The van der Waals surface area contributed by atoms with Crippen LogP contribution in [0.25, 0.3) is 10.9 Å². The highest BCUT2D eigenvalue weighted by Gasteiger charge is 2.31. The van der Waals surface area contributed by atoms with Crippen LogP contribution in [0, 0.1) is 27.7 Å². The van der Waals surface area contributed by atoms with E-state index in [2.05, 4.69) is 4.98 Å². The number of rotatable bonds is 4. The molecule has 1 fully saturated rings. The topological polar surface area (TPSA) is 70.6 Å². The molecule has 0 unspecified atom stereocenters. The highest BCUT2D eigenvalue weighted by molar-refractivity contribution is 7.89. The molecule has 1 aliphatic rings. The van der Waals surface area contributed by atoms with Gasteiger partial charge in [-0.15, -0.1) is 0 Å². The molecule has 1 aliphatic heterocycles. The number of hydrogen-bond acceptors (Lipinski definition) is 4. The zero-order valence-electron chi connectivity index (χ0n) is 19.1. The summed E-state index contributed by atoms with van der Waals surface area (Å²) in [4.78, 5) is 19.9. The molecule has 0 atom stereocenters. The second kappa shape index (κ2) is 8.64. The van der Waals surface area contributed by atoms with Crippen molar-refractivity contribution in [3.8, 4) is 0 Å². The van der Waals surface area contributed by atoms with Gasteiger partial charge in [0.15, 0.2) is 0 Å². The van der Waals surface area contributed by atoms with Gasteiger partial charge in [-0.25, -0.2) is 8.42 Å². The fourth-order valence-electron chi connectivity index (χ4n) is 4.40. The maximum Gasteiger partial charge on any atom is 0.243 e. The fraction of sp³-hybridized carbons (Fsp3) is 0.360. The second-order valence-corrected chi connectivity index (χ2v) is 10.5. The third-order valence-corrected chi connectivity index (χ3v) is 8.41. The number of carbonyl (C=O) groups excluding carboxylic acids is 1. The molecule has 0 saturated carbocycles. The zero-order chi connectivity index (χ0) is 23.0. The summed E-state index contributed by atoms with van der Waals surface area (Å²) in [6.45, 7) is 9.06. The summed E-state index contributed by atoms with van der Waals surface area (Å²) in [6, 6.07) is 13.4. The largest absolute Gasteiger partial charge is 0.340 e. The third kappa shape index (κ3) is 4.14. The van der Waals surface area contributed by atoms with E-state index in [-0.39, 0.29) is 12.3 Å². The molecule has 2 heterocycles. The molecule has 168 valence electrons. The summed E-state index contributed by atoms with van der Waals surface area (Å²) in [5.74, 6) is 0.0112. The molecule has 2 aromatic carbocycles. The van der Waals surface area contributed by atoms with Gasteiger partial charge >= 0.3 is 0 Å². The van der Waals surface area contributed by atoms with E-state index in [0.29, 0.717) is 31.1 Å². The van der Waals surface area contributed by atoms with Gasteiger partial charge in [-0.1, -0.05) is 30.3 Å². The number of amides is 1. The van der Waals surface area contributed by atoms with Gasteiger partial charge in [0, 0.05) is 37.3 Å². The van der Waals surface area contributed by atoms with Crippen LogP contribution < -0.4 is 0 Å². The molecule has 3 aromatic rings. The molecule has 0 spiro atoms. The van der Waals surface area contributed by atoms with Crippen LogP contribution in [0.2, 0.25) is 0 Å². The Hall–Kier alpha value is -2.77. The van der Waals surface area contributed by atoms with Crippen molar-refractivity contribution >= 4 is 26.8 Å². The highest BCUT2D eigenvalue weighted by atomic mass is 32.2. The molecule has 1 aromatic heterocycles. The predicted octanol–water partition coefficient (Wildman–Crippen LogP) is 3.54. The molecule has 32 heavy (non-hydrogen) atoms. The van der Waals surface area contributed by atoms with E-state index in [0.717, 1.165) is 38.9 Å². The van der Waals surface area contributed by atoms with Gasteiger partial charge in [-0.05, 0) is 62.1 Å². The molecular weight excluding hydrogens is 422 g/mol. The number of benzene rings is 2. The van der Waals surface area contributed by atoms with E-state index >= 15 is 0 Å². The Morgan fingerprint density at radius 2 is 1.66 bits per heavy atom. The van der Waals surface area contributed by atoms with Crippen LogP contribution in [0.5, 0.6) is 0 Å². The second-order valence-electron chi connectivity index (χ2n) is 8.55. The minimum absolute atomic E-state index is 0.0112. The fourth-order valence-corrected chi connectivity index (χ4v) is 6.13. The number of aryl methyl sites for hydroxylation is 4. The zero-order valence-corrected chi connectivity index (χ0v) is 19.9. The lowest BCUT2D eigenvalue weighted by molar-refractivity contribution is -0.131. The normalized spacial score (nSPS) is 15.3. The first-order chi connectivity index (χ1) is 15.2. The number of sulfonamides is 1. The lowest BCUT2D eigenvalue weighted by Crippen LogP contribution is -2.51. The first-order valence-corrected chi connectivity index (χ1v) is 12.3.